The van der Waals surface area contributed by atoms with Crippen LogP contribution in [0.25, 0.3) is 0 Å². The van der Waals surface area contributed by atoms with Crippen molar-refractivity contribution in [1.82, 2.24) is 4.90 Å². The molecule has 0 amide bonds. The van der Waals surface area contributed by atoms with Crippen LogP contribution in [-0.2, 0) is 19.0 Å². The van der Waals surface area contributed by atoms with Crippen molar-refractivity contribution >= 4 is 5.97 Å². The predicted octanol–water partition coefficient (Wildman–Crippen LogP) is 1.72. The van der Waals surface area contributed by atoms with Crippen molar-refractivity contribution in [3.63, 3.8) is 0 Å². The average molecular weight is 281 g/mol. The first-order chi connectivity index (χ1) is 9.30. The van der Waals surface area contributed by atoms with Crippen molar-refractivity contribution < 1.29 is 19.0 Å². The Bertz CT molecular complexity index is 444. The third-order valence-corrected chi connectivity index (χ3v) is 5.83. The van der Waals surface area contributed by atoms with Crippen molar-refractivity contribution in [3.05, 3.63) is 0 Å². The van der Waals surface area contributed by atoms with Gasteiger partial charge in [0.2, 0.25) is 0 Å². The lowest BCUT2D eigenvalue weighted by Gasteiger charge is -2.73. The lowest BCUT2D eigenvalue weighted by atomic mass is 9.48. The first kappa shape index (κ1) is 13.0. The molecule has 5 aliphatic rings. The molecular formula is C15H23NO4. The molecule has 4 unspecified atom stereocenters. The van der Waals surface area contributed by atoms with Crippen LogP contribution in [0.1, 0.15) is 40.0 Å². The number of hydrogen-bond donors (Lipinski definition) is 0. The van der Waals surface area contributed by atoms with Gasteiger partial charge in [-0.1, -0.05) is 20.8 Å². The largest absolute Gasteiger partial charge is 0.468 e. The van der Waals surface area contributed by atoms with E-state index in [4.69, 9.17) is 14.2 Å². The standard InChI is InChI=1S/C15H23NO4/c1-13-6-14(2)8-15(3,7-13)12-19-10(13)16(11(14)20-12)5-9(17)18-4/h10-12H,5-8H2,1-4H3. The number of hydrogen-bond acceptors (Lipinski definition) is 5. The highest BCUT2D eigenvalue weighted by Crippen LogP contribution is 2.69. The van der Waals surface area contributed by atoms with E-state index in [2.05, 4.69) is 25.7 Å². The summed E-state index contributed by atoms with van der Waals surface area (Å²) >= 11 is 0. The summed E-state index contributed by atoms with van der Waals surface area (Å²) in [4.78, 5) is 13.8. The maximum Gasteiger partial charge on any atom is 0.320 e. The van der Waals surface area contributed by atoms with Gasteiger partial charge < -0.3 is 14.2 Å². The monoisotopic (exact) mass is 281 g/mol. The minimum absolute atomic E-state index is 0.0215. The molecule has 5 fully saturated rings. The number of piperidine rings is 1. The number of methoxy groups -OCH3 is 1. The average Bonchev–Trinajstić information content (AvgIpc) is 2.34. The highest BCUT2D eigenvalue weighted by Gasteiger charge is 2.72. The quantitative estimate of drug-likeness (QED) is 0.721. The minimum Gasteiger partial charge on any atom is -0.468 e. The van der Waals surface area contributed by atoms with Crippen molar-refractivity contribution in [1.29, 1.82) is 0 Å². The van der Waals surface area contributed by atoms with Crippen molar-refractivity contribution in [2.75, 3.05) is 13.7 Å². The minimum atomic E-state index is -0.221. The third-order valence-electron chi connectivity index (χ3n) is 5.83. The molecule has 20 heavy (non-hydrogen) atoms. The summed E-state index contributed by atoms with van der Waals surface area (Å²) in [5.41, 5.74) is 0.325. The van der Waals surface area contributed by atoms with E-state index < -0.39 is 0 Å². The maximum atomic E-state index is 11.7. The van der Waals surface area contributed by atoms with Gasteiger partial charge in [0.1, 0.15) is 19.0 Å². The molecule has 0 aromatic heterocycles. The van der Waals surface area contributed by atoms with Crippen molar-refractivity contribution in [2.24, 2.45) is 16.2 Å². The molecule has 0 N–H and O–H groups in total. The summed E-state index contributed by atoms with van der Waals surface area (Å²) in [5.74, 6) is -0.221. The molecule has 5 nitrogen and oxygen atoms in total. The second-order valence-corrected chi connectivity index (χ2v) is 8.05. The number of rotatable bonds is 2. The second-order valence-electron chi connectivity index (χ2n) is 8.05. The van der Waals surface area contributed by atoms with Gasteiger partial charge in [0.15, 0.2) is 6.29 Å². The Morgan fingerprint density at radius 1 is 1.10 bits per heavy atom. The summed E-state index contributed by atoms with van der Waals surface area (Å²) in [6.45, 7) is 7.14. The summed E-state index contributed by atoms with van der Waals surface area (Å²) in [7, 11) is 1.43. The zero-order valence-electron chi connectivity index (χ0n) is 12.6. The van der Waals surface area contributed by atoms with E-state index >= 15 is 0 Å². The van der Waals surface area contributed by atoms with Crippen LogP contribution in [0.3, 0.4) is 0 Å². The van der Waals surface area contributed by atoms with E-state index in [1.165, 1.54) is 7.11 Å². The Hall–Kier alpha value is -0.650. The smallest absolute Gasteiger partial charge is 0.320 e. The van der Waals surface area contributed by atoms with E-state index in [1.54, 1.807) is 0 Å². The van der Waals surface area contributed by atoms with Gasteiger partial charge in [-0.3, -0.25) is 4.79 Å². The van der Waals surface area contributed by atoms with Crippen LogP contribution < -0.4 is 0 Å². The number of carbonyl (C=O) groups excluding carboxylic acids is 1. The van der Waals surface area contributed by atoms with Crippen LogP contribution in [-0.4, -0.2) is 43.3 Å². The Labute approximate surface area is 119 Å². The molecule has 0 aromatic carbocycles. The highest BCUT2D eigenvalue weighted by molar-refractivity contribution is 5.71. The third kappa shape index (κ3) is 1.41. The molecule has 0 aromatic rings. The van der Waals surface area contributed by atoms with Gasteiger partial charge in [0.25, 0.3) is 0 Å². The zero-order valence-corrected chi connectivity index (χ0v) is 12.6. The number of nitrogens with zero attached hydrogens (tertiary/aromatic N) is 1. The Morgan fingerprint density at radius 3 is 2.10 bits per heavy atom. The zero-order chi connectivity index (χ0) is 14.3. The molecule has 112 valence electrons. The molecule has 0 radical (unpaired) electrons. The number of ether oxygens (including phenoxy) is 3. The molecule has 6 bridgehead atoms. The van der Waals surface area contributed by atoms with Crippen LogP contribution in [0.5, 0.6) is 0 Å². The fourth-order valence-electron chi connectivity index (χ4n) is 5.85. The lowest BCUT2D eigenvalue weighted by Crippen LogP contribution is -2.79. The molecule has 5 heteroatoms. The maximum absolute atomic E-state index is 11.7. The van der Waals surface area contributed by atoms with Gasteiger partial charge in [-0.25, -0.2) is 4.90 Å². The predicted molar refractivity (Wildman–Crippen MR) is 70.4 cm³/mol. The van der Waals surface area contributed by atoms with Gasteiger partial charge in [0.05, 0.1) is 7.11 Å². The fraction of sp³-hybridized carbons (Fsp3) is 0.933. The molecular weight excluding hydrogens is 258 g/mol. The fourth-order valence-corrected chi connectivity index (χ4v) is 5.85. The summed E-state index contributed by atoms with van der Waals surface area (Å²) in [5, 5.41) is 0. The summed E-state index contributed by atoms with van der Waals surface area (Å²) in [6, 6.07) is 0. The molecule has 4 saturated heterocycles. The molecule has 4 aliphatic heterocycles. The van der Waals surface area contributed by atoms with Crippen molar-refractivity contribution in [2.45, 2.75) is 58.8 Å². The molecule has 5 rings (SSSR count). The topological polar surface area (TPSA) is 48.0 Å². The molecule has 0 spiro atoms. The van der Waals surface area contributed by atoms with Gasteiger partial charge in [-0.15, -0.1) is 0 Å². The lowest BCUT2D eigenvalue weighted by molar-refractivity contribution is -0.473. The second kappa shape index (κ2) is 3.57. The molecule has 1 aliphatic carbocycles. The summed E-state index contributed by atoms with van der Waals surface area (Å²) < 4.78 is 17.3. The van der Waals surface area contributed by atoms with E-state index in [-0.39, 0.29) is 47.5 Å². The SMILES string of the molecule is COC(=O)CN1C2OC3OC1C1(C)CC3(C)CC2(C)C1. The number of carbonyl (C=O) groups is 1. The van der Waals surface area contributed by atoms with Gasteiger partial charge >= 0.3 is 5.97 Å². The van der Waals surface area contributed by atoms with Crippen LogP contribution in [0.2, 0.25) is 0 Å². The van der Waals surface area contributed by atoms with E-state index in [0.29, 0.717) is 0 Å². The van der Waals surface area contributed by atoms with Crippen molar-refractivity contribution in [3.8, 4) is 0 Å². The van der Waals surface area contributed by atoms with Crippen LogP contribution in [0.15, 0.2) is 0 Å². The molecule has 1 saturated carbocycles. The normalized spacial score (nSPS) is 56.3. The Kier molecular flexibility index (Phi) is 2.33. The van der Waals surface area contributed by atoms with Crippen LogP contribution >= 0.6 is 0 Å². The van der Waals surface area contributed by atoms with Crippen LogP contribution in [0.4, 0.5) is 0 Å². The summed E-state index contributed by atoms with van der Waals surface area (Å²) in [6.07, 6.45) is 3.16. The van der Waals surface area contributed by atoms with E-state index in [9.17, 15) is 4.79 Å². The highest BCUT2D eigenvalue weighted by atomic mass is 16.7. The van der Waals surface area contributed by atoms with Gasteiger partial charge in [0, 0.05) is 16.2 Å². The van der Waals surface area contributed by atoms with Crippen LogP contribution in [0, 0.1) is 16.2 Å². The Morgan fingerprint density at radius 2 is 1.60 bits per heavy atom. The van der Waals surface area contributed by atoms with E-state index in [1.807, 2.05) is 0 Å². The number of esters is 1. The first-order valence-electron chi connectivity index (χ1n) is 7.43. The Balaban J connectivity index is 1.75. The molecule has 4 atom stereocenters. The molecule has 4 heterocycles. The first-order valence-corrected chi connectivity index (χ1v) is 7.43. The van der Waals surface area contributed by atoms with E-state index in [0.717, 1.165) is 19.3 Å². The van der Waals surface area contributed by atoms with Gasteiger partial charge in [-0.05, 0) is 19.3 Å². The van der Waals surface area contributed by atoms with Gasteiger partial charge in [-0.2, -0.15) is 0 Å².